The van der Waals surface area contributed by atoms with E-state index < -0.39 is 0 Å². The Kier molecular flexibility index (Phi) is 3.11. The number of aromatic amines is 1. The summed E-state index contributed by atoms with van der Waals surface area (Å²) in [6.45, 7) is 6.62. The summed E-state index contributed by atoms with van der Waals surface area (Å²) >= 11 is 6.52. The van der Waals surface area contributed by atoms with E-state index in [2.05, 4.69) is 37.9 Å². The number of fused-ring (bicyclic) bond motifs is 3. The van der Waals surface area contributed by atoms with E-state index in [1.54, 1.807) is 0 Å². The van der Waals surface area contributed by atoms with Crippen LogP contribution in [0.4, 0.5) is 0 Å². The molecule has 102 valence electrons. The zero-order chi connectivity index (χ0) is 13.7. The van der Waals surface area contributed by atoms with Crippen LogP contribution in [0.5, 0.6) is 0 Å². The van der Waals surface area contributed by atoms with Crippen molar-refractivity contribution < 1.29 is 0 Å². The van der Waals surface area contributed by atoms with Crippen LogP contribution in [-0.2, 0) is 6.42 Å². The van der Waals surface area contributed by atoms with Crippen molar-refractivity contribution in [1.29, 1.82) is 0 Å². The van der Waals surface area contributed by atoms with E-state index >= 15 is 0 Å². The van der Waals surface area contributed by atoms with Gasteiger partial charge in [-0.2, -0.15) is 0 Å². The van der Waals surface area contributed by atoms with Crippen LogP contribution >= 0.6 is 11.6 Å². The Morgan fingerprint density at radius 3 is 2.79 bits per heavy atom. The number of hydrogen-bond donors (Lipinski definition) is 2. The van der Waals surface area contributed by atoms with Crippen molar-refractivity contribution in [1.82, 2.24) is 4.98 Å². The normalized spacial score (nSPS) is 23.1. The fourth-order valence-corrected chi connectivity index (χ4v) is 3.54. The van der Waals surface area contributed by atoms with Gasteiger partial charge in [-0.1, -0.05) is 31.5 Å². The molecule has 3 heteroatoms. The van der Waals surface area contributed by atoms with Crippen LogP contribution in [0.3, 0.4) is 0 Å². The molecule has 1 aromatic heterocycles. The zero-order valence-corrected chi connectivity index (χ0v) is 12.5. The summed E-state index contributed by atoms with van der Waals surface area (Å²) in [4.78, 5) is 3.48. The van der Waals surface area contributed by atoms with Crippen molar-refractivity contribution in [2.75, 3.05) is 0 Å². The lowest BCUT2D eigenvalue weighted by atomic mass is 9.78. The molecule has 2 nitrogen and oxygen atoms in total. The number of halogens is 1. The number of nitrogens with two attached hydrogens (primary N) is 1. The lowest BCUT2D eigenvalue weighted by molar-refractivity contribution is 0.313. The van der Waals surface area contributed by atoms with E-state index in [1.165, 1.54) is 16.6 Å². The molecule has 0 spiro atoms. The van der Waals surface area contributed by atoms with E-state index in [4.69, 9.17) is 17.3 Å². The van der Waals surface area contributed by atoms with Crippen LogP contribution in [0.2, 0.25) is 5.02 Å². The molecule has 1 aromatic carbocycles. The number of aryl methyl sites for hydroxylation is 1. The third-order valence-electron chi connectivity index (χ3n) is 4.57. The predicted molar refractivity (Wildman–Crippen MR) is 81.6 cm³/mol. The van der Waals surface area contributed by atoms with Gasteiger partial charge in [-0.15, -0.1) is 0 Å². The van der Waals surface area contributed by atoms with Crippen molar-refractivity contribution in [2.45, 2.75) is 39.7 Å². The topological polar surface area (TPSA) is 41.8 Å². The quantitative estimate of drug-likeness (QED) is 0.799. The average molecular weight is 277 g/mol. The highest BCUT2D eigenvalue weighted by Gasteiger charge is 2.30. The fraction of sp³-hybridized carbons (Fsp3) is 0.500. The number of H-pyrrole nitrogens is 1. The summed E-state index contributed by atoms with van der Waals surface area (Å²) < 4.78 is 0. The molecule has 1 aliphatic carbocycles. The van der Waals surface area contributed by atoms with Crippen LogP contribution in [0.25, 0.3) is 10.9 Å². The van der Waals surface area contributed by atoms with E-state index in [1.807, 2.05) is 0 Å². The van der Waals surface area contributed by atoms with Gasteiger partial charge in [-0.3, -0.25) is 0 Å². The second-order valence-corrected chi connectivity index (χ2v) is 6.56. The van der Waals surface area contributed by atoms with Gasteiger partial charge < -0.3 is 10.7 Å². The van der Waals surface area contributed by atoms with Gasteiger partial charge in [-0.05, 0) is 48.8 Å². The van der Waals surface area contributed by atoms with E-state index in [-0.39, 0.29) is 6.04 Å². The lowest BCUT2D eigenvalue weighted by Gasteiger charge is -2.30. The maximum atomic E-state index is 6.52. The Balaban J connectivity index is 2.22. The van der Waals surface area contributed by atoms with Gasteiger partial charge in [-0.25, -0.2) is 0 Å². The molecular formula is C16H21ClN2. The number of benzene rings is 1. The molecule has 0 bridgehead atoms. The molecule has 3 rings (SSSR count). The summed E-state index contributed by atoms with van der Waals surface area (Å²) in [5.74, 6) is 1.31. The molecule has 0 saturated heterocycles. The van der Waals surface area contributed by atoms with Gasteiger partial charge in [0.2, 0.25) is 0 Å². The van der Waals surface area contributed by atoms with Gasteiger partial charge in [0.05, 0.1) is 5.02 Å². The molecule has 0 aliphatic heterocycles. The highest BCUT2D eigenvalue weighted by molar-refractivity contribution is 6.36. The Morgan fingerprint density at radius 2 is 2.11 bits per heavy atom. The number of hydrogen-bond acceptors (Lipinski definition) is 1. The number of nitrogens with one attached hydrogen (secondary N) is 1. The average Bonchev–Trinajstić information content (AvgIpc) is 2.73. The summed E-state index contributed by atoms with van der Waals surface area (Å²) in [6.07, 6.45) is 2.15. The number of rotatable bonds is 1. The van der Waals surface area contributed by atoms with Crippen molar-refractivity contribution in [2.24, 2.45) is 17.6 Å². The molecular weight excluding hydrogens is 256 g/mol. The van der Waals surface area contributed by atoms with Gasteiger partial charge in [0.25, 0.3) is 0 Å². The summed E-state index contributed by atoms with van der Waals surface area (Å²) in [6, 6.07) is 4.30. The second kappa shape index (κ2) is 4.53. The van der Waals surface area contributed by atoms with Crippen LogP contribution in [0, 0.1) is 18.8 Å². The van der Waals surface area contributed by atoms with Crippen molar-refractivity contribution in [3.8, 4) is 0 Å². The smallest absolute Gasteiger partial charge is 0.0531 e. The summed E-state index contributed by atoms with van der Waals surface area (Å²) in [5, 5.41) is 2.07. The fourth-order valence-electron chi connectivity index (χ4n) is 3.26. The first-order chi connectivity index (χ1) is 8.99. The Hall–Kier alpha value is -0.990. The maximum absolute atomic E-state index is 6.52. The SMILES string of the molecule is Cc1ccc2[nH]c3c(c2c1Cl)CC(C(C)C)CC3N. The predicted octanol–water partition coefficient (Wildman–Crippen LogP) is 4.35. The molecule has 1 heterocycles. The van der Waals surface area contributed by atoms with Crippen molar-refractivity contribution in [3.63, 3.8) is 0 Å². The zero-order valence-electron chi connectivity index (χ0n) is 11.8. The second-order valence-electron chi connectivity index (χ2n) is 6.19. The maximum Gasteiger partial charge on any atom is 0.0531 e. The largest absolute Gasteiger partial charge is 0.357 e. The Labute approximate surface area is 119 Å². The first-order valence-electron chi connectivity index (χ1n) is 7.04. The lowest BCUT2D eigenvalue weighted by Crippen LogP contribution is -2.26. The molecule has 2 unspecified atom stereocenters. The minimum absolute atomic E-state index is 0.111. The van der Waals surface area contributed by atoms with Gasteiger partial charge in [0.1, 0.15) is 0 Å². The first kappa shape index (κ1) is 13.0. The first-order valence-corrected chi connectivity index (χ1v) is 7.42. The monoisotopic (exact) mass is 276 g/mol. The highest BCUT2D eigenvalue weighted by Crippen LogP contribution is 2.41. The molecule has 2 atom stereocenters. The molecule has 0 amide bonds. The standard InChI is InChI=1S/C16H21ClN2/c1-8(2)10-6-11-14-13(5-4-9(3)15(14)17)19-16(11)12(18)7-10/h4-5,8,10,12,19H,6-7,18H2,1-3H3. The molecule has 1 aliphatic rings. The molecule has 0 saturated carbocycles. The van der Waals surface area contributed by atoms with Gasteiger partial charge in [0, 0.05) is 22.6 Å². The molecule has 2 aromatic rings. The van der Waals surface area contributed by atoms with Crippen LogP contribution in [-0.4, -0.2) is 4.98 Å². The van der Waals surface area contributed by atoms with Crippen LogP contribution in [0.15, 0.2) is 12.1 Å². The molecule has 19 heavy (non-hydrogen) atoms. The van der Waals surface area contributed by atoms with Gasteiger partial charge in [0.15, 0.2) is 0 Å². The highest BCUT2D eigenvalue weighted by atomic mass is 35.5. The Bertz CT molecular complexity index is 627. The summed E-state index contributed by atoms with van der Waals surface area (Å²) in [5.41, 5.74) is 11.2. The van der Waals surface area contributed by atoms with Crippen molar-refractivity contribution >= 4 is 22.5 Å². The molecule has 3 N–H and O–H groups in total. The third kappa shape index (κ3) is 1.98. The van der Waals surface area contributed by atoms with Crippen molar-refractivity contribution in [3.05, 3.63) is 34.0 Å². The van der Waals surface area contributed by atoms with E-state index in [9.17, 15) is 0 Å². The van der Waals surface area contributed by atoms with Gasteiger partial charge >= 0.3 is 0 Å². The number of aromatic nitrogens is 1. The van der Waals surface area contributed by atoms with Crippen LogP contribution in [0.1, 0.15) is 43.1 Å². The van der Waals surface area contributed by atoms with E-state index in [0.717, 1.165) is 28.9 Å². The van der Waals surface area contributed by atoms with Crippen LogP contribution < -0.4 is 5.73 Å². The third-order valence-corrected chi connectivity index (χ3v) is 5.05. The molecule has 0 radical (unpaired) electrons. The summed E-state index contributed by atoms with van der Waals surface area (Å²) in [7, 11) is 0. The Morgan fingerprint density at radius 1 is 1.37 bits per heavy atom. The van der Waals surface area contributed by atoms with E-state index in [0.29, 0.717) is 11.8 Å². The minimum Gasteiger partial charge on any atom is -0.357 e. The minimum atomic E-state index is 0.111. The molecule has 0 fully saturated rings.